The fourth-order valence-electron chi connectivity index (χ4n) is 3.33. The van der Waals surface area contributed by atoms with Crippen molar-refractivity contribution >= 4 is 40.5 Å². The maximum absolute atomic E-state index is 11.7. The zero-order chi connectivity index (χ0) is 20.4. The van der Waals surface area contributed by atoms with Crippen molar-refractivity contribution in [3.63, 3.8) is 0 Å². The molecule has 29 heavy (non-hydrogen) atoms. The van der Waals surface area contributed by atoms with Crippen molar-refractivity contribution in [1.29, 1.82) is 0 Å². The van der Waals surface area contributed by atoms with E-state index in [1.54, 1.807) is 24.3 Å². The number of morpholine rings is 1. The Morgan fingerprint density at radius 1 is 1.10 bits per heavy atom. The summed E-state index contributed by atoms with van der Waals surface area (Å²) >= 11 is 12.6. The van der Waals surface area contributed by atoms with Crippen LogP contribution in [0.2, 0.25) is 10.0 Å². The van der Waals surface area contributed by atoms with Crippen LogP contribution in [0, 0.1) is 0 Å². The SMILES string of the molecule is CC(=O)Nc1cc(-c2cc(-c3c(Cl)cccc3Cl)no2)ccc1N1CCOCC1. The molecular formula is C21H19Cl2N3O3. The van der Waals surface area contributed by atoms with Crippen molar-refractivity contribution < 1.29 is 14.1 Å². The number of hydrogen-bond donors (Lipinski definition) is 1. The maximum Gasteiger partial charge on any atom is 0.221 e. The summed E-state index contributed by atoms with van der Waals surface area (Å²) in [6.07, 6.45) is 0. The molecule has 4 rings (SSSR count). The first kappa shape index (κ1) is 19.8. The number of halogens is 2. The molecule has 2 heterocycles. The van der Waals surface area contributed by atoms with Crippen molar-refractivity contribution in [2.75, 3.05) is 36.5 Å². The second kappa shape index (κ2) is 8.45. The number of anilines is 2. The van der Waals surface area contributed by atoms with Gasteiger partial charge in [-0.15, -0.1) is 0 Å². The second-order valence-electron chi connectivity index (χ2n) is 6.69. The lowest BCUT2D eigenvalue weighted by Crippen LogP contribution is -2.36. The Morgan fingerprint density at radius 3 is 2.52 bits per heavy atom. The Bertz CT molecular complexity index is 1030. The van der Waals surface area contributed by atoms with Crippen molar-refractivity contribution in [2.24, 2.45) is 0 Å². The van der Waals surface area contributed by atoms with E-state index in [1.165, 1.54) is 6.92 Å². The fraction of sp³-hybridized carbons (Fsp3) is 0.238. The molecule has 1 N–H and O–H groups in total. The monoisotopic (exact) mass is 431 g/mol. The van der Waals surface area contributed by atoms with Crippen LogP contribution in [-0.4, -0.2) is 37.4 Å². The molecular weight excluding hydrogens is 413 g/mol. The Labute approximate surface area is 178 Å². The molecule has 1 saturated heterocycles. The van der Waals surface area contributed by atoms with E-state index < -0.39 is 0 Å². The number of hydrogen-bond acceptors (Lipinski definition) is 5. The molecule has 8 heteroatoms. The largest absolute Gasteiger partial charge is 0.378 e. The van der Waals surface area contributed by atoms with Crippen LogP contribution in [0.5, 0.6) is 0 Å². The highest BCUT2D eigenvalue weighted by atomic mass is 35.5. The summed E-state index contributed by atoms with van der Waals surface area (Å²) in [6, 6.07) is 12.9. The number of aromatic nitrogens is 1. The fourth-order valence-corrected chi connectivity index (χ4v) is 3.92. The van der Waals surface area contributed by atoms with Gasteiger partial charge >= 0.3 is 0 Å². The summed E-state index contributed by atoms with van der Waals surface area (Å²) in [5.41, 5.74) is 3.62. The van der Waals surface area contributed by atoms with Crippen LogP contribution in [0.1, 0.15) is 6.92 Å². The van der Waals surface area contributed by atoms with E-state index in [-0.39, 0.29) is 5.91 Å². The molecule has 1 fully saturated rings. The molecule has 0 bridgehead atoms. The molecule has 0 atom stereocenters. The van der Waals surface area contributed by atoms with Gasteiger partial charge in [-0.2, -0.15) is 0 Å². The van der Waals surface area contributed by atoms with Gasteiger partial charge < -0.3 is 19.5 Å². The lowest BCUT2D eigenvalue weighted by atomic mass is 10.1. The van der Waals surface area contributed by atoms with E-state index in [4.69, 9.17) is 32.5 Å². The first-order valence-corrected chi connectivity index (χ1v) is 9.94. The predicted molar refractivity (Wildman–Crippen MR) is 115 cm³/mol. The van der Waals surface area contributed by atoms with Crippen LogP contribution >= 0.6 is 23.2 Å². The Balaban J connectivity index is 1.70. The lowest BCUT2D eigenvalue weighted by molar-refractivity contribution is -0.114. The van der Waals surface area contributed by atoms with Crippen LogP contribution in [0.4, 0.5) is 11.4 Å². The normalized spacial score (nSPS) is 14.1. The number of carbonyl (C=O) groups excluding carboxylic acids is 1. The van der Waals surface area contributed by atoms with Gasteiger partial charge in [0.15, 0.2) is 5.76 Å². The van der Waals surface area contributed by atoms with Gasteiger partial charge in [0.25, 0.3) is 0 Å². The van der Waals surface area contributed by atoms with E-state index in [2.05, 4.69) is 15.4 Å². The molecule has 2 aromatic carbocycles. The minimum atomic E-state index is -0.141. The average molecular weight is 432 g/mol. The third-order valence-electron chi connectivity index (χ3n) is 4.67. The van der Waals surface area contributed by atoms with Crippen LogP contribution < -0.4 is 10.2 Å². The molecule has 0 saturated carbocycles. The smallest absolute Gasteiger partial charge is 0.221 e. The van der Waals surface area contributed by atoms with Gasteiger partial charge in [-0.25, -0.2) is 0 Å². The van der Waals surface area contributed by atoms with Gasteiger partial charge in [-0.1, -0.05) is 34.4 Å². The van der Waals surface area contributed by atoms with Gasteiger partial charge in [0.1, 0.15) is 5.69 Å². The van der Waals surface area contributed by atoms with E-state index in [9.17, 15) is 4.79 Å². The molecule has 1 aliphatic heterocycles. The first-order chi connectivity index (χ1) is 14.0. The maximum atomic E-state index is 11.7. The number of rotatable bonds is 4. The van der Waals surface area contributed by atoms with Crippen molar-refractivity contribution in [3.8, 4) is 22.6 Å². The average Bonchev–Trinajstić information content (AvgIpc) is 3.18. The Morgan fingerprint density at radius 2 is 1.83 bits per heavy atom. The quantitative estimate of drug-likeness (QED) is 0.621. The number of ether oxygens (including phenoxy) is 1. The minimum absolute atomic E-state index is 0.141. The van der Waals surface area contributed by atoms with Crippen molar-refractivity contribution in [2.45, 2.75) is 6.92 Å². The van der Waals surface area contributed by atoms with E-state index in [0.717, 1.165) is 24.3 Å². The van der Waals surface area contributed by atoms with E-state index in [0.29, 0.717) is 46.0 Å². The zero-order valence-electron chi connectivity index (χ0n) is 15.7. The summed E-state index contributed by atoms with van der Waals surface area (Å²) in [5, 5.41) is 8.04. The van der Waals surface area contributed by atoms with Crippen molar-refractivity contribution in [1.82, 2.24) is 5.16 Å². The highest BCUT2D eigenvalue weighted by Gasteiger charge is 2.19. The molecule has 3 aromatic rings. The highest BCUT2D eigenvalue weighted by Crippen LogP contribution is 2.37. The summed E-state index contributed by atoms with van der Waals surface area (Å²) < 4.78 is 11.0. The molecule has 1 aliphatic rings. The van der Waals surface area contributed by atoms with Gasteiger partial charge in [-0.3, -0.25) is 4.79 Å². The molecule has 0 spiro atoms. The van der Waals surface area contributed by atoms with Gasteiger partial charge in [0, 0.05) is 37.2 Å². The molecule has 1 amide bonds. The third-order valence-corrected chi connectivity index (χ3v) is 5.30. The van der Waals surface area contributed by atoms with E-state index >= 15 is 0 Å². The van der Waals surface area contributed by atoms with Crippen LogP contribution in [0.3, 0.4) is 0 Å². The number of nitrogens with zero attached hydrogens (tertiary/aromatic N) is 2. The van der Waals surface area contributed by atoms with Crippen LogP contribution in [0.25, 0.3) is 22.6 Å². The van der Waals surface area contributed by atoms with E-state index in [1.807, 2.05) is 18.2 Å². The third kappa shape index (κ3) is 4.24. The molecule has 0 radical (unpaired) electrons. The Kier molecular flexibility index (Phi) is 5.76. The molecule has 1 aromatic heterocycles. The molecule has 6 nitrogen and oxygen atoms in total. The van der Waals surface area contributed by atoms with Gasteiger partial charge in [0.05, 0.1) is 34.6 Å². The number of nitrogens with one attached hydrogen (secondary N) is 1. The standard InChI is InChI=1S/C21H19Cl2N3O3/c1-13(27)24-17-11-14(5-6-19(17)26-7-9-28-10-8-26)20-12-18(25-29-20)21-15(22)3-2-4-16(21)23/h2-6,11-12H,7-10H2,1H3,(H,24,27). The molecule has 0 unspecified atom stereocenters. The number of carbonyl (C=O) groups is 1. The van der Waals surface area contributed by atoms with Crippen LogP contribution in [0.15, 0.2) is 47.0 Å². The summed E-state index contributed by atoms with van der Waals surface area (Å²) in [6.45, 7) is 4.34. The summed E-state index contributed by atoms with van der Waals surface area (Å²) in [7, 11) is 0. The van der Waals surface area contributed by atoms with Gasteiger partial charge in [-0.05, 0) is 30.3 Å². The Hall–Kier alpha value is -2.54. The van der Waals surface area contributed by atoms with Gasteiger partial charge in [0.2, 0.25) is 5.91 Å². The van der Waals surface area contributed by atoms with Crippen LogP contribution in [-0.2, 0) is 9.53 Å². The highest BCUT2D eigenvalue weighted by molar-refractivity contribution is 6.39. The molecule has 0 aliphatic carbocycles. The zero-order valence-corrected chi connectivity index (χ0v) is 17.3. The first-order valence-electron chi connectivity index (χ1n) is 9.19. The predicted octanol–water partition coefficient (Wildman–Crippen LogP) is 5.11. The second-order valence-corrected chi connectivity index (χ2v) is 7.50. The number of amides is 1. The number of benzene rings is 2. The topological polar surface area (TPSA) is 67.6 Å². The molecule has 150 valence electrons. The minimum Gasteiger partial charge on any atom is -0.378 e. The summed E-state index contributed by atoms with van der Waals surface area (Å²) in [5.74, 6) is 0.411. The lowest BCUT2D eigenvalue weighted by Gasteiger charge is -2.30. The summed E-state index contributed by atoms with van der Waals surface area (Å²) in [4.78, 5) is 13.9. The van der Waals surface area contributed by atoms with Crippen molar-refractivity contribution in [3.05, 3.63) is 52.5 Å².